The highest BCUT2D eigenvalue weighted by Crippen LogP contribution is 2.38. The summed E-state index contributed by atoms with van der Waals surface area (Å²) in [6.45, 7) is 0. The van der Waals surface area contributed by atoms with Gasteiger partial charge >= 0.3 is 0 Å². The molecule has 3 heterocycles. The fourth-order valence-corrected chi connectivity index (χ4v) is 7.65. The Balaban J connectivity index is 1.20. The summed E-state index contributed by atoms with van der Waals surface area (Å²) in [5.41, 5.74) is 11.5. The highest BCUT2D eigenvalue weighted by Gasteiger charge is 2.19. The van der Waals surface area contributed by atoms with Gasteiger partial charge in [0, 0.05) is 43.4 Å². The summed E-state index contributed by atoms with van der Waals surface area (Å²) in [6.07, 6.45) is 0. The van der Waals surface area contributed by atoms with Gasteiger partial charge in [-0.1, -0.05) is 127 Å². The zero-order valence-corrected chi connectivity index (χ0v) is 28.2. The van der Waals surface area contributed by atoms with Crippen LogP contribution in [0, 0.1) is 0 Å². The van der Waals surface area contributed by atoms with Crippen LogP contribution in [0.1, 0.15) is 0 Å². The fraction of sp³-hybridized carbons (Fsp3) is 0. The van der Waals surface area contributed by atoms with Crippen LogP contribution >= 0.6 is 11.6 Å². The highest BCUT2D eigenvalue weighted by molar-refractivity contribution is 6.30. The van der Waals surface area contributed by atoms with Gasteiger partial charge in [0.05, 0.1) is 33.5 Å². The average molecular weight is 673 g/mol. The summed E-state index contributed by atoms with van der Waals surface area (Å²) in [4.78, 5) is 10.4. The van der Waals surface area contributed by atoms with Gasteiger partial charge in [-0.05, 0) is 71.8 Å². The van der Waals surface area contributed by atoms with Crippen LogP contribution in [0.15, 0.2) is 176 Å². The molecule has 0 N–H and O–H groups in total. The molecule has 0 aliphatic rings. The van der Waals surface area contributed by atoms with Gasteiger partial charge in [0.15, 0.2) is 0 Å². The third kappa shape index (κ3) is 4.91. The van der Waals surface area contributed by atoms with Crippen molar-refractivity contribution in [2.24, 2.45) is 0 Å². The van der Waals surface area contributed by atoms with E-state index in [1.165, 1.54) is 21.8 Å². The lowest BCUT2D eigenvalue weighted by atomic mass is 10.0. The molecular formula is C46H29ClN4. The summed E-state index contributed by atoms with van der Waals surface area (Å²) in [5.74, 6) is 0.607. The molecule has 0 atom stereocenters. The first-order chi connectivity index (χ1) is 25.2. The number of fused-ring (bicyclic) bond motifs is 6. The molecule has 0 saturated heterocycles. The number of benzene rings is 7. The van der Waals surface area contributed by atoms with E-state index >= 15 is 0 Å². The van der Waals surface area contributed by atoms with Crippen molar-refractivity contribution >= 4 is 55.2 Å². The average Bonchev–Trinajstić information content (AvgIpc) is 3.70. The SMILES string of the molecule is Clc1cccc(-c2cc(-c3ccccc3)nc(-n3c4ccccc4c4ccc(-c5ccc6c(c5)c5ccccc5n6-c5ccccc5)cc43)n2)c1. The van der Waals surface area contributed by atoms with Gasteiger partial charge in [0.1, 0.15) is 0 Å². The van der Waals surface area contributed by atoms with E-state index in [1.807, 2.05) is 48.5 Å². The molecule has 0 radical (unpaired) electrons. The van der Waals surface area contributed by atoms with Crippen molar-refractivity contribution in [1.29, 1.82) is 0 Å². The third-order valence-electron chi connectivity index (χ3n) is 9.80. The van der Waals surface area contributed by atoms with Gasteiger partial charge in [0.25, 0.3) is 0 Å². The van der Waals surface area contributed by atoms with Crippen LogP contribution in [-0.2, 0) is 0 Å². The molecule has 0 spiro atoms. The third-order valence-corrected chi connectivity index (χ3v) is 10.0. The topological polar surface area (TPSA) is 35.6 Å². The first-order valence-electron chi connectivity index (χ1n) is 17.0. The maximum atomic E-state index is 6.47. The Hall–Kier alpha value is -6.49. The van der Waals surface area contributed by atoms with E-state index in [-0.39, 0.29) is 0 Å². The second kappa shape index (κ2) is 11.8. The number of hydrogen-bond acceptors (Lipinski definition) is 2. The lowest BCUT2D eigenvalue weighted by molar-refractivity contribution is 0.996. The molecule has 0 unspecified atom stereocenters. The molecule has 3 aromatic heterocycles. The Kier molecular flexibility index (Phi) is 6.83. The molecule has 0 aliphatic heterocycles. The summed E-state index contributed by atoms with van der Waals surface area (Å²) in [5, 5.41) is 5.41. The van der Waals surface area contributed by atoms with Crippen LogP contribution < -0.4 is 0 Å². The van der Waals surface area contributed by atoms with Crippen LogP contribution in [0.4, 0.5) is 0 Å². The maximum absolute atomic E-state index is 6.47. The molecule has 0 fully saturated rings. The quantitative estimate of drug-likeness (QED) is 0.182. The first kappa shape index (κ1) is 29.4. The predicted octanol–water partition coefficient (Wildman–Crippen LogP) is 12.3. The molecular weight excluding hydrogens is 644 g/mol. The summed E-state index contributed by atoms with van der Waals surface area (Å²) in [7, 11) is 0. The molecule has 0 bridgehead atoms. The molecule has 240 valence electrons. The lowest BCUT2D eigenvalue weighted by Crippen LogP contribution is -2.04. The number of para-hydroxylation sites is 3. The number of rotatable bonds is 5. The van der Waals surface area contributed by atoms with E-state index in [0.717, 1.165) is 61.1 Å². The second-order valence-corrected chi connectivity index (χ2v) is 13.3. The Bertz CT molecular complexity index is 2920. The molecule has 10 aromatic rings. The number of nitrogens with zero attached hydrogens (tertiary/aromatic N) is 4. The van der Waals surface area contributed by atoms with Crippen LogP contribution in [0.5, 0.6) is 0 Å². The Morgan fingerprint density at radius 3 is 1.69 bits per heavy atom. The minimum atomic E-state index is 0.607. The van der Waals surface area contributed by atoms with E-state index in [0.29, 0.717) is 11.0 Å². The molecule has 10 rings (SSSR count). The second-order valence-electron chi connectivity index (χ2n) is 12.8. The van der Waals surface area contributed by atoms with Gasteiger partial charge < -0.3 is 4.57 Å². The molecule has 7 aromatic carbocycles. The van der Waals surface area contributed by atoms with Crippen molar-refractivity contribution in [2.45, 2.75) is 0 Å². The van der Waals surface area contributed by atoms with E-state index in [9.17, 15) is 0 Å². The monoisotopic (exact) mass is 672 g/mol. The van der Waals surface area contributed by atoms with Gasteiger partial charge in [-0.3, -0.25) is 4.57 Å². The standard InChI is InChI=1S/C46H29ClN4/c47-34-15-11-14-33(26-34)41-29-40(30-12-3-1-4-13-30)48-46(49-41)51-43-21-10-7-18-36(43)38-24-22-32(28-45(38)51)31-23-25-44-39(27-31)37-19-8-9-20-42(37)50(44)35-16-5-2-6-17-35/h1-29H. The summed E-state index contributed by atoms with van der Waals surface area (Å²) < 4.78 is 4.55. The van der Waals surface area contributed by atoms with E-state index < -0.39 is 0 Å². The van der Waals surface area contributed by atoms with Crippen molar-refractivity contribution in [3.8, 4) is 45.3 Å². The smallest absolute Gasteiger partial charge is 0.235 e. The number of aromatic nitrogens is 4. The van der Waals surface area contributed by atoms with Crippen LogP contribution in [0.25, 0.3) is 88.9 Å². The predicted molar refractivity (Wildman–Crippen MR) is 212 cm³/mol. The number of halogens is 1. The Morgan fingerprint density at radius 1 is 0.353 bits per heavy atom. The molecule has 0 saturated carbocycles. The van der Waals surface area contributed by atoms with Gasteiger partial charge in [-0.25, -0.2) is 9.97 Å². The number of hydrogen-bond donors (Lipinski definition) is 0. The lowest BCUT2D eigenvalue weighted by Gasteiger charge is -2.12. The molecule has 0 amide bonds. The van der Waals surface area contributed by atoms with Crippen molar-refractivity contribution in [2.75, 3.05) is 0 Å². The molecule has 0 aliphatic carbocycles. The Labute approximate surface area is 299 Å². The van der Waals surface area contributed by atoms with Crippen LogP contribution in [0.3, 0.4) is 0 Å². The molecule has 51 heavy (non-hydrogen) atoms. The Morgan fingerprint density at radius 2 is 0.922 bits per heavy atom. The first-order valence-corrected chi connectivity index (χ1v) is 17.4. The summed E-state index contributed by atoms with van der Waals surface area (Å²) in [6, 6.07) is 61.5. The highest BCUT2D eigenvalue weighted by atomic mass is 35.5. The van der Waals surface area contributed by atoms with E-state index in [4.69, 9.17) is 21.6 Å². The fourth-order valence-electron chi connectivity index (χ4n) is 7.46. The van der Waals surface area contributed by atoms with Crippen molar-refractivity contribution in [3.63, 3.8) is 0 Å². The maximum Gasteiger partial charge on any atom is 0.235 e. The molecule has 5 heteroatoms. The van der Waals surface area contributed by atoms with Crippen molar-refractivity contribution in [1.82, 2.24) is 19.1 Å². The van der Waals surface area contributed by atoms with Gasteiger partial charge in [0.2, 0.25) is 5.95 Å². The van der Waals surface area contributed by atoms with Gasteiger partial charge in [-0.15, -0.1) is 0 Å². The van der Waals surface area contributed by atoms with Crippen molar-refractivity contribution < 1.29 is 0 Å². The van der Waals surface area contributed by atoms with Crippen LogP contribution in [-0.4, -0.2) is 19.1 Å². The molecule has 4 nitrogen and oxygen atoms in total. The van der Waals surface area contributed by atoms with E-state index in [2.05, 4.69) is 137 Å². The van der Waals surface area contributed by atoms with Crippen molar-refractivity contribution in [3.05, 3.63) is 181 Å². The summed E-state index contributed by atoms with van der Waals surface area (Å²) >= 11 is 6.47. The largest absolute Gasteiger partial charge is 0.309 e. The van der Waals surface area contributed by atoms with E-state index in [1.54, 1.807) is 0 Å². The normalized spacial score (nSPS) is 11.6. The minimum absolute atomic E-state index is 0.607. The zero-order valence-electron chi connectivity index (χ0n) is 27.4. The zero-order chi connectivity index (χ0) is 33.9. The minimum Gasteiger partial charge on any atom is -0.309 e. The van der Waals surface area contributed by atoms with Gasteiger partial charge in [-0.2, -0.15) is 0 Å². The van der Waals surface area contributed by atoms with Crippen LogP contribution in [0.2, 0.25) is 5.02 Å².